The summed E-state index contributed by atoms with van der Waals surface area (Å²) >= 11 is 0. The number of carbonyl (C=O) groups is 1. The first-order chi connectivity index (χ1) is 9.47. The van der Waals surface area contributed by atoms with Crippen LogP contribution < -0.4 is 4.90 Å². The molecule has 0 radical (unpaired) electrons. The summed E-state index contributed by atoms with van der Waals surface area (Å²) in [5, 5.41) is 9.14. The van der Waals surface area contributed by atoms with Gasteiger partial charge in [-0.05, 0) is 35.9 Å². The summed E-state index contributed by atoms with van der Waals surface area (Å²) in [5.41, 5.74) is 0.373. The van der Waals surface area contributed by atoms with Gasteiger partial charge in [0.05, 0.1) is 12.2 Å². The molecule has 0 saturated carbocycles. The van der Waals surface area contributed by atoms with Gasteiger partial charge < -0.3 is 5.11 Å². The predicted molar refractivity (Wildman–Crippen MR) is 67.0 cm³/mol. The van der Waals surface area contributed by atoms with E-state index in [2.05, 4.69) is 0 Å². The second-order valence-electron chi connectivity index (χ2n) is 4.10. The van der Waals surface area contributed by atoms with Crippen LogP contribution in [0.15, 0.2) is 42.5 Å². The van der Waals surface area contributed by atoms with Crippen molar-refractivity contribution >= 4 is 11.8 Å². The minimum absolute atomic E-state index is 0.113. The van der Waals surface area contributed by atoms with E-state index in [4.69, 9.17) is 5.11 Å². The standard InChI is InChI=1S/C14H10F3NO2/c15-10-2-1-3-11(7-10)18(14(19)20)8-9-4-5-12(16)13(17)6-9/h1-7H,8H2,(H,19,20). The average Bonchev–Trinajstić information content (AvgIpc) is 2.39. The topological polar surface area (TPSA) is 40.5 Å². The zero-order chi connectivity index (χ0) is 14.7. The molecule has 1 N–H and O–H groups in total. The third-order valence-corrected chi connectivity index (χ3v) is 2.68. The van der Waals surface area contributed by atoms with Crippen molar-refractivity contribution in [2.24, 2.45) is 0 Å². The second-order valence-corrected chi connectivity index (χ2v) is 4.10. The van der Waals surface area contributed by atoms with Crippen LogP contribution >= 0.6 is 0 Å². The maximum absolute atomic E-state index is 13.1. The molecule has 104 valence electrons. The van der Waals surface area contributed by atoms with Crippen LogP contribution in [-0.4, -0.2) is 11.2 Å². The molecule has 0 saturated heterocycles. The Kier molecular flexibility index (Phi) is 3.93. The van der Waals surface area contributed by atoms with Crippen LogP contribution in [0.2, 0.25) is 0 Å². The molecule has 0 aliphatic heterocycles. The van der Waals surface area contributed by atoms with E-state index in [9.17, 15) is 18.0 Å². The van der Waals surface area contributed by atoms with E-state index in [-0.39, 0.29) is 17.8 Å². The van der Waals surface area contributed by atoms with Crippen molar-refractivity contribution < 1.29 is 23.1 Å². The lowest BCUT2D eigenvalue weighted by atomic mass is 10.2. The number of halogens is 3. The van der Waals surface area contributed by atoms with Gasteiger partial charge in [0.25, 0.3) is 0 Å². The Hall–Kier alpha value is -2.50. The van der Waals surface area contributed by atoms with Gasteiger partial charge in [-0.15, -0.1) is 0 Å². The van der Waals surface area contributed by atoms with Crippen LogP contribution in [0.1, 0.15) is 5.56 Å². The van der Waals surface area contributed by atoms with Crippen LogP contribution in [-0.2, 0) is 6.54 Å². The first kappa shape index (κ1) is 13.9. The molecule has 0 aliphatic rings. The molecule has 0 fully saturated rings. The quantitative estimate of drug-likeness (QED) is 0.929. The third kappa shape index (κ3) is 3.09. The van der Waals surface area contributed by atoms with Crippen molar-refractivity contribution in [1.82, 2.24) is 0 Å². The summed E-state index contributed by atoms with van der Waals surface area (Å²) in [7, 11) is 0. The Labute approximate surface area is 112 Å². The van der Waals surface area contributed by atoms with Crippen molar-refractivity contribution in [2.45, 2.75) is 6.54 Å². The van der Waals surface area contributed by atoms with Gasteiger partial charge in [0.15, 0.2) is 11.6 Å². The van der Waals surface area contributed by atoms with Crippen molar-refractivity contribution in [3.63, 3.8) is 0 Å². The number of amides is 1. The predicted octanol–water partition coefficient (Wildman–Crippen LogP) is 3.79. The summed E-state index contributed by atoms with van der Waals surface area (Å²) in [4.78, 5) is 12.0. The molecule has 6 heteroatoms. The molecular formula is C14H10F3NO2. The fourth-order valence-corrected chi connectivity index (χ4v) is 1.73. The lowest BCUT2D eigenvalue weighted by Gasteiger charge is -2.19. The Bertz CT molecular complexity index is 646. The maximum atomic E-state index is 13.1. The second kappa shape index (κ2) is 5.64. The Balaban J connectivity index is 2.30. The van der Waals surface area contributed by atoms with Crippen LogP contribution in [0.4, 0.5) is 23.7 Å². The van der Waals surface area contributed by atoms with Crippen LogP contribution in [0.5, 0.6) is 0 Å². The highest BCUT2D eigenvalue weighted by atomic mass is 19.2. The SMILES string of the molecule is O=C(O)N(Cc1ccc(F)c(F)c1)c1cccc(F)c1. The van der Waals surface area contributed by atoms with Crippen LogP contribution in [0, 0.1) is 17.5 Å². The first-order valence-corrected chi connectivity index (χ1v) is 5.67. The zero-order valence-corrected chi connectivity index (χ0v) is 10.2. The van der Waals surface area contributed by atoms with Gasteiger partial charge in [-0.1, -0.05) is 12.1 Å². The highest BCUT2D eigenvalue weighted by Gasteiger charge is 2.16. The highest BCUT2D eigenvalue weighted by Crippen LogP contribution is 2.19. The molecule has 0 spiro atoms. The largest absolute Gasteiger partial charge is 0.465 e. The van der Waals surface area contributed by atoms with E-state index >= 15 is 0 Å². The molecule has 0 bridgehead atoms. The smallest absolute Gasteiger partial charge is 0.412 e. The van der Waals surface area contributed by atoms with E-state index < -0.39 is 23.5 Å². The molecular weight excluding hydrogens is 271 g/mol. The lowest BCUT2D eigenvalue weighted by Crippen LogP contribution is -2.28. The van der Waals surface area contributed by atoms with Crippen LogP contribution in [0.3, 0.4) is 0 Å². The normalized spacial score (nSPS) is 10.3. The fraction of sp³-hybridized carbons (Fsp3) is 0.0714. The van der Waals surface area contributed by atoms with Gasteiger partial charge in [-0.25, -0.2) is 18.0 Å². The van der Waals surface area contributed by atoms with E-state index in [1.807, 2.05) is 0 Å². The van der Waals surface area contributed by atoms with Crippen molar-refractivity contribution in [3.8, 4) is 0 Å². The molecule has 2 aromatic carbocycles. The molecule has 20 heavy (non-hydrogen) atoms. The number of carboxylic acid groups (broad SMARTS) is 1. The molecule has 0 unspecified atom stereocenters. The number of anilines is 1. The highest BCUT2D eigenvalue weighted by molar-refractivity contribution is 5.85. The van der Waals surface area contributed by atoms with Crippen molar-refractivity contribution in [2.75, 3.05) is 4.90 Å². The zero-order valence-electron chi connectivity index (χ0n) is 10.2. The van der Waals surface area contributed by atoms with Gasteiger partial charge in [-0.2, -0.15) is 0 Å². The number of benzene rings is 2. The van der Waals surface area contributed by atoms with Gasteiger partial charge in [-0.3, -0.25) is 4.90 Å². The van der Waals surface area contributed by atoms with Gasteiger partial charge in [0.1, 0.15) is 5.82 Å². The van der Waals surface area contributed by atoms with E-state index in [1.165, 1.54) is 24.3 Å². The van der Waals surface area contributed by atoms with Gasteiger partial charge in [0.2, 0.25) is 0 Å². The minimum Gasteiger partial charge on any atom is -0.465 e. The fourth-order valence-electron chi connectivity index (χ4n) is 1.73. The minimum atomic E-state index is -1.32. The summed E-state index contributed by atoms with van der Waals surface area (Å²) in [6.07, 6.45) is -1.32. The first-order valence-electron chi connectivity index (χ1n) is 5.67. The molecule has 0 aliphatic carbocycles. The molecule has 3 nitrogen and oxygen atoms in total. The molecule has 0 atom stereocenters. The summed E-state index contributed by atoms with van der Waals surface area (Å²) in [6, 6.07) is 8.10. The summed E-state index contributed by atoms with van der Waals surface area (Å²) in [5.74, 6) is -2.66. The Morgan fingerprint density at radius 1 is 1.05 bits per heavy atom. The molecule has 2 rings (SSSR count). The summed E-state index contributed by atoms with van der Waals surface area (Å²) in [6.45, 7) is -0.212. The van der Waals surface area contributed by atoms with E-state index in [1.54, 1.807) is 0 Å². The lowest BCUT2D eigenvalue weighted by molar-refractivity contribution is 0.201. The van der Waals surface area contributed by atoms with Gasteiger partial charge >= 0.3 is 6.09 Å². The Morgan fingerprint density at radius 3 is 2.40 bits per heavy atom. The van der Waals surface area contributed by atoms with E-state index in [0.29, 0.717) is 0 Å². The van der Waals surface area contributed by atoms with E-state index in [0.717, 1.165) is 23.1 Å². The van der Waals surface area contributed by atoms with Gasteiger partial charge in [0, 0.05) is 0 Å². The van der Waals surface area contributed by atoms with Crippen LogP contribution in [0.25, 0.3) is 0 Å². The monoisotopic (exact) mass is 281 g/mol. The third-order valence-electron chi connectivity index (χ3n) is 2.68. The molecule has 1 amide bonds. The number of hydrogen-bond acceptors (Lipinski definition) is 1. The number of nitrogens with zero attached hydrogens (tertiary/aromatic N) is 1. The summed E-state index contributed by atoms with van der Waals surface area (Å²) < 4.78 is 39.0. The van der Waals surface area contributed by atoms with Crippen molar-refractivity contribution in [1.29, 1.82) is 0 Å². The average molecular weight is 281 g/mol. The molecule has 0 aromatic heterocycles. The maximum Gasteiger partial charge on any atom is 0.412 e. The number of rotatable bonds is 3. The molecule has 0 heterocycles. The van der Waals surface area contributed by atoms with Crippen molar-refractivity contribution in [3.05, 3.63) is 65.5 Å². The molecule has 2 aromatic rings. The Morgan fingerprint density at radius 2 is 1.80 bits per heavy atom. The number of hydrogen-bond donors (Lipinski definition) is 1.